The van der Waals surface area contributed by atoms with Crippen LogP contribution in [-0.2, 0) is 6.42 Å². The van der Waals surface area contributed by atoms with Gasteiger partial charge in [-0.15, -0.1) is 0 Å². The molecule has 0 N–H and O–H groups in total. The van der Waals surface area contributed by atoms with Crippen LogP contribution in [0.2, 0.25) is 0 Å². The van der Waals surface area contributed by atoms with E-state index in [9.17, 15) is 0 Å². The SMILES string of the molecule is COc1ccc(-c2cnc3c(c2)C(C2=CCN(CC(C)C)CC2)=CC3)cc1OC. The van der Waals surface area contributed by atoms with E-state index in [2.05, 4.69) is 43.0 Å². The molecule has 0 amide bonds. The smallest absolute Gasteiger partial charge is 0.161 e. The average molecular weight is 391 g/mol. The molecule has 1 aromatic heterocycles. The van der Waals surface area contributed by atoms with E-state index in [1.165, 1.54) is 28.9 Å². The van der Waals surface area contributed by atoms with E-state index in [0.29, 0.717) is 5.92 Å². The summed E-state index contributed by atoms with van der Waals surface area (Å²) in [6.45, 7) is 7.93. The normalized spacial score (nSPS) is 16.4. The lowest BCUT2D eigenvalue weighted by Crippen LogP contribution is -2.32. The first-order valence-electron chi connectivity index (χ1n) is 10.4. The van der Waals surface area contributed by atoms with Gasteiger partial charge in [-0.05, 0) is 47.2 Å². The molecule has 29 heavy (non-hydrogen) atoms. The molecule has 2 heterocycles. The van der Waals surface area contributed by atoms with Crippen molar-refractivity contribution in [2.75, 3.05) is 33.9 Å². The molecule has 2 aromatic rings. The first-order valence-corrected chi connectivity index (χ1v) is 10.4. The number of benzene rings is 1. The molecule has 2 aliphatic rings. The van der Waals surface area contributed by atoms with Gasteiger partial charge in [-0.3, -0.25) is 9.88 Å². The fourth-order valence-corrected chi connectivity index (χ4v) is 4.31. The molecule has 0 saturated carbocycles. The van der Waals surface area contributed by atoms with Crippen LogP contribution in [0.5, 0.6) is 11.5 Å². The Balaban J connectivity index is 1.60. The third-order valence-electron chi connectivity index (χ3n) is 5.74. The summed E-state index contributed by atoms with van der Waals surface area (Å²) in [7, 11) is 3.33. The van der Waals surface area contributed by atoms with Gasteiger partial charge in [0.1, 0.15) is 0 Å². The summed E-state index contributed by atoms with van der Waals surface area (Å²) in [6.07, 6.45) is 8.76. The largest absolute Gasteiger partial charge is 0.493 e. The average Bonchev–Trinajstić information content (AvgIpc) is 3.16. The Hall–Kier alpha value is -2.59. The van der Waals surface area contributed by atoms with Crippen molar-refractivity contribution in [3.63, 3.8) is 0 Å². The second kappa shape index (κ2) is 8.42. The molecule has 1 aliphatic carbocycles. The van der Waals surface area contributed by atoms with Gasteiger partial charge >= 0.3 is 0 Å². The van der Waals surface area contributed by atoms with Gasteiger partial charge in [0.05, 0.1) is 19.9 Å². The second-order valence-electron chi connectivity index (χ2n) is 8.24. The highest BCUT2D eigenvalue weighted by molar-refractivity contribution is 5.85. The summed E-state index contributed by atoms with van der Waals surface area (Å²) in [6, 6.07) is 8.31. The quantitative estimate of drug-likeness (QED) is 0.696. The Labute approximate surface area is 173 Å². The number of fused-ring (bicyclic) bond motifs is 1. The van der Waals surface area contributed by atoms with E-state index >= 15 is 0 Å². The molecule has 4 nitrogen and oxygen atoms in total. The van der Waals surface area contributed by atoms with Gasteiger partial charge < -0.3 is 9.47 Å². The molecular weight excluding hydrogens is 360 g/mol. The number of hydrogen-bond donors (Lipinski definition) is 0. The van der Waals surface area contributed by atoms with Crippen LogP contribution in [0, 0.1) is 5.92 Å². The van der Waals surface area contributed by atoms with E-state index in [4.69, 9.17) is 14.5 Å². The minimum Gasteiger partial charge on any atom is -0.493 e. The molecule has 4 heteroatoms. The van der Waals surface area contributed by atoms with Crippen LogP contribution in [0.1, 0.15) is 31.5 Å². The second-order valence-corrected chi connectivity index (χ2v) is 8.24. The first kappa shape index (κ1) is 19.7. The van der Waals surface area contributed by atoms with E-state index in [-0.39, 0.29) is 0 Å². The molecular formula is C25H30N2O2. The van der Waals surface area contributed by atoms with Gasteiger partial charge in [0.15, 0.2) is 11.5 Å². The van der Waals surface area contributed by atoms with E-state index in [0.717, 1.165) is 48.6 Å². The van der Waals surface area contributed by atoms with Gasteiger partial charge in [0.25, 0.3) is 0 Å². The topological polar surface area (TPSA) is 34.6 Å². The lowest BCUT2D eigenvalue weighted by atomic mass is 9.94. The summed E-state index contributed by atoms with van der Waals surface area (Å²) in [5.74, 6) is 2.19. The lowest BCUT2D eigenvalue weighted by molar-refractivity contribution is 0.263. The number of ether oxygens (including phenoxy) is 2. The maximum absolute atomic E-state index is 5.47. The minimum atomic E-state index is 0.713. The molecule has 0 atom stereocenters. The van der Waals surface area contributed by atoms with E-state index < -0.39 is 0 Å². The highest BCUT2D eigenvalue weighted by Crippen LogP contribution is 2.38. The third kappa shape index (κ3) is 4.08. The monoisotopic (exact) mass is 390 g/mol. The van der Waals surface area contributed by atoms with E-state index in [1.54, 1.807) is 14.2 Å². The fraction of sp³-hybridized carbons (Fsp3) is 0.400. The molecule has 0 spiro atoms. The summed E-state index contributed by atoms with van der Waals surface area (Å²) >= 11 is 0. The Kier molecular flexibility index (Phi) is 5.72. The predicted molar refractivity (Wildman–Crippen MR) is 118 cm³/mol. The Morgan fingerprint density at radius 1 is 1.03 bits per heavy atom. The number of aromatic nitrogens is 1. The molecule has 0 unspecified atom stereocenters. The summed E-state index contributed by atoms with van der Waals surface area (Å²) < 4.78 is 10.8. The molecule has 0 radical (unpaired) electrons. The first-order chi connectivity index (χ1) is 14.1. The van der Waals surface area contributed by atoms with Gasteiger partial charge in [-0.25, -0.2) is 0 Å². The zero-order valence-corrected chi connectivity index (χ0v) is 17.9. The van der Waals surface area contributed by atoms with Crippen molar-refractivity contribution in [1.82, 2.24) is 9.88 Å². The van der Waals surface area contributed by atoms with Crippen LogP contribution in [0.4, 0.5) is 0 Å². The maximum Gasteiger partial charge on any atom is 0.161 e. The van der Waals surface area contributed by atoms with Crippen molar-refractivity contribution in [2.24, 2.45) is 5.92 Å². The van der Waals surface area contributed by atoms with Crippen LogP contribution in [0.25, 0.3) is 16.7 Å². The van der Waals surface area contributed by atoms with Crippen molar-refractivity contribution < 1.29 is 9.47 Å². The number of methoxy groups -OCH3 is 2. The highest BCUT2D eigenvalue weighted by Gasteiger charge is 2.22. The molecule has 0 fully saturated rings. The number of allylic oxidation sites excluding steroid dienone is 2. The standard InChI is InChI=1S/C25H30N2O2/c1-17(2)16-27-11-9-18(10-12-27)21-6-7-23-22(21)13-20(15-26-23)19-5-8-24(28-3)25(14-19)29-4/h5-6,8-9,13-15,17H,7,10-12,16H2,1-4H3. The fourth-order valence-electron chi connectivity index (χ4n) is 4.31. The van der Waals surface area contributed by atoms with Crippen LogP contribution < -0.4 is 9.47 Å². The van der Waals surface area contributed by atoms with Crippen molar-refractivity contribution in [3.05, 3.63) is 59.4 Å². The van der Waals surface area contributed by atoms with E-state index in [1.807, 2.05) is 18.3 Å². The predicted octanol–water partition coefficient (Wildman–Crippen LogP) is 4.99. The van der Waals surface area contributed by atoms with Gasteiger partial charge in [0, 0.05) is 43.4 Å². The molecule has 4 rings (SSSR count). The van der Waals surface area contributed by atoms with Crippen molar-refractivity contribution in [2.45, 2.75) is 26.7 Å². The zero-order chi connectivity index (χ0) is 20.4. The molecule has 0 bridgehead atoms. The van der Waals surface area contributed by atoms with Crippen LogP contribution in [0.15, 0.2) is 48.2 Å². The summed E-state index contributed by atoms with van der Waals surface area (Å²) in [4.78, 5) is 7.32. The number of rotatable bonds is 6. The summed E-state index contributed by atoms with van der Waals surface area (Å²) in [5, 5.41) is 0. The van der Waals surface area contributed by atoms with Gasteiger partial charge in [-0.1, -0.05) is 32.1 Å². The summed E-state index contributed by atoms with van der Waals surface area (Å²) in [5.41, 5.74) is 7.49. The molecule has 1 aliphatic heterocycles. The molecule has 0 saturated heterocycles. The Morgan fingerprint density at radius 2 is 1.86 bits per heavy atom. The molecule has 1 aromatic carbocycles. The number of pyridine rings is 1. The van der Waals surface area contributed by atoms with Gasteiger partial charge in [-0.2, -0.15) is 0 Å². The Bertz CT molecular complexity index is 959. The van der Waals surface area contributed by atoms with Gasteiger partial charge in [0.2, 0.25) is 0 Å². The number of hydrogen-bond acceptors (Lipinski definition) is 4. The van der Waals surface area contributed by atoms with Crippen LogP contribution >= 0.6 is 0 Å². The van der Waals surface area contributed by atoms with Crippen molar-refractivity contribution in [3.8, 4) is 22.6 Å². The third-order valence-corrected chi connectivity index (χ3v) is 5.74. The van der Waals surface area contributed by atoms with Crippen molar-refractivity contribution in [1.29, 1.82) is 0 Å². The Morgan fingerprint density at radius 3 is 2.55 bits per heavy atom. The number of nitrogens with zero attached hydrogens (tertiary/aromatic N) is 2. The minimum absolute atomic E-state index is 0.713. The van der Waals surface area contributed by atoms with Crippen molar-refractivity contribution >= 4 is 5.57 Å². The maximum atomic E-state index is 5.47. The highest BCUT2D eigenvalue weighted by atomic mass is 16.5. The lowest BCUT2D eigenvalue weighted by Gasteiger charge is -2.28. The van der Waals surface area contributed by atoms with Crippen LogP contribution in [0.3, 0.4) is 0 Å². The molecule has 152 valence electrons. The zero-order valence-electron chi connectivity index (χ0n) is 17.9. The van der Waals surface area contributed by atoms with Crippen LogP contribution in [-0.4, -0.2) is 43.7 Å².